The van der Waals surface area contributed by atoms with Gasteiger partial charge in [0.25, 0.3) is 11.9 Å². The van der Waals surface area contributed by atoms with E-state index in [2.05, 4.69) is 4.99 Å². The SMILES string of the molecule is C[C@]1(c2cc(NO)ccc2F)N=C(N)O[C@@H]2CC(F)(F)C[C@@H]21. The van der Waals surface area contributed by atoms with Crippen molar-refractivity contribution in [2.75, 3.05) is 5.48 Å². The molecule has 3 atom stereocenters. The summed E-state index contributed by atoms with van der Waals surface area (Å²) in [6.07, 6.45) is -1.74. The average molecular weight is 315 g/mol. The lowest BCUT2D eigenvalue weighted by Crippen LogP contribution is -2.45. The van der Waals surface area contributed by atoms with Gasteiger partial charge in [-0.05, 0) is 25.1 Å². The molecule has 0 amide bonds. The minimum absolute atomic E-state index is 0.0884. The number of rotatable bonds is 2. The first-order valence-electron chi connectivity index (χ1n) is 6.85. The maximum absolute atomic E-state index is 14.3. The predicted octanol–water partition coefficient (Wildman–Crippen LogP) is 2.60. The van der Waals surface area contributed by atoms with Crippen LogP contribution in [0.2, 0.25) is 0 Å². The monoisotopic (exact) mass is 315 g/mol. The molecule has 5 nitrogen and oxygen atoms in total. The molecule has 0 unspecified atom stereocenters. The second-order valence-corrected chi connectivity index (χ2v) is 5.93. The maximum Gasteiger partial charge on any atom is 0.283 e. The van der Waals surface area contributed by atoms with Crippen LogP contribution in [0.4, 0.5) is 18.9 Å². The number of anilines is 1. The van der Waals surface area contributed by atoms with E-state index in [1.54, 1.807) is 6.92 Å². The van der Waals surface area contributed by atoms with Crippen molar-refractivity contribution in [2.45, 2.75) is 37.3 Å². The third-order valence-corrected chi connectivity index (χ3v) is 4.44. The smallest absolute Gasteiger partial charge is 0.283 e. The molecule has 120 valence electrons. The lowest BCUT2D eigenvalue weighted by Gasteiger charge is -2.39. The summed E-state index contributed by atoms with van der Waals surface area (Å²) in [5.41, 5.74) is 6.56. The molecule has 3 rings (SSSR count). The first-order chi connectivity index (χ1) is 10.2. The Morgan fingerprint density at radius 3 is 2.82 bits per heavy atom. The van der Waals surface area contributed by atoms with Crippen LogP contribution in [-0.2, 0) is 10.3 Å². The highest BCUT2D eigenvalue weighted by Gasteiger charge is 2.58. The van der Waals surface area contributed by atoms with Crippen LogP contribution >= 0.6 is 0 Å². The van der Waals surface area contributed by atoms with Gasteiger partial charge in [-0.25, -0.2) is 18.2 Å². The van der Waals surface area contributed by atoms with Crippen molar-refractivity contribution < 1.29 is 23.1 Å². The number of halogens is 3. The van der Waals surface area contributed by atoms with E-state index in [1.807, 2.05) is 5.48 Å². The van der Waals surface area contributed by atoms with E-state index in [9.17, 15) is 13.2 Å². The summed E-state index contributed by atoms with van der Waals surface area (Å²) in [7, 11) is 0. The van der Waals surface area contributed by atoms with E-state index < -0.39 is 42.1 Å². The van der Waals surface area contributed by atoms with Crippen molar-refractivity contribution in [3.05, 3.63) is 29.6 Å². The van der Waals surface area contributed by atoms with Crippen molar-refractivity contribution in [3.63, 3.8) is 0 Å². The van der Waals surface area contributed by atoms with Gasteiger partial charge in [-0.1, -0.05) is 0 Å². The second kappa shape index (κ2) is 4.77. The lowest BCUT2D eigenvalue weighted by atomic mass is 9.77. The molecule has 1 aliphatic heterocycles. The second-order valence-electron chi connectivity index (χ2n) is 5.93. The van der Waals surface area contributed by atoms with Gasteiger partial charge in [0.15, 0.2) is 0 Å². The Labute approximate surface area is 124 Å². The molecule has 0 bridgehead atoms. The van der Waals surface area contributed by atoms with Gasteiger partial charge in [-0.3, -0.25) is 10.7 Å². The van der Waals surface area contributed by atoms with E-state index in [1.165, 1.54) is 12.1 Å². The number of alkyl halides is 2. The Morgan fingerprint density at radius 1 is 1.41 bits per heavy atom. The standard InChI is InChI=1S/C14H16F3N3O2/c1-13(8-4-7(20-21)2-3-10(8)15)9-5-14(16,17)6-11(9)22-12(18)19-13/h2-4,9,11,20-21H,5-6H2,1H3,(H2,18,19)/t9-,11+,13+/m0/s1. The van der Waals surface area contributed by atoms with Gasteiger partial charge in [0.05, 0.1) is 11.2 Å². The fourth-order valence-electron chi connectivity index (χ4n) is 3.39. The molecule has 1 aliphatic carbocycles. The quantitative estimate of drug-likeness (QED) is 0.733. The number of hydrogen-bond donors (Lipinski definition) is 3. The molecule has 1 aromatic carbocycles. The fraction of sp³-hybridized carbons (Fsp3) is 0.500. The first kappa shape index (κ1) is 15.0. The minimum atomic E-state index is -2.90. The topological polar surface area (TPSA) is 79.9 Å². The number of nitrogens with two attached hydrogens (primary N) is 1. The zero-order chi connectivity index (χ0) is 16.1. The van der Waals surface area contributed by atoms with E-state index in [-0.39, 0.29) is 17.3 Å². The van der Waals surface area contributed by atoms with Crippen LogP contribution < -0.4 is 11.2 Å². The highest BCUT2D eigenvalue weighted by atomic mass is 19.3. The number of nitrogens with zero attached hydrogens (tertiary/aromatic N) is 1. The zero-order valence-electron chi connectivity index (χ0n) is 11.8. The van der Waals surface area contributed by atoms with Crippen LogP contribution in [0.3, 0.4) is 0 Å². The van der Waals surface area contributed by atoms with E-state index in [0.29, 0.717) is 0 Å². The number of hydrogen-bond acceptors (Lipinski definition) is 5. The number of benzene rings is 1. The molecule has 1 saturated carbocycles. The van der Waals surface area contributed by atoms with Gasteiger partial charge in [0.2, 0.25) is 0 Å². The van der Waals surface area contributed by atoms with Crippen molar-refractivity contribution in [1.82, 2.24) is 0 Å². The average Bonchev–Trinajstić information content (AvgIpc) is 2.74. The Hall–Kier alpha value is -1.96. The highest BCUT2D eigenvalue weighted by Crippen LogP contribution is 2.52. The molecule has 0 radical (unpaired) electrons. The minimum Gasteiger partial charge on any atom is -0.461 e. The van der Waals surface area contributed by atoms with Crippen molar-refractivity contribution in [1.29, 1.82) is 0 Å². The Kier molecular flexibility index (Phi) is 3.24. The van der Waals surface area contributed by atoms with Gasteiger partial charge in [-0.2, -0.15) is 0 Å². The first-order valence-corrected chi connectivity index (χ1v) is 6.85. The molecular weight excluding hydrogens is 299 g/mol. The highest BCUT2D eigenvalue weighted by molar-refractivity contribution is 5.73. The number of amidine groups is 1. The number of aliphatic imine (C=N–C) groups is 1. The summed E-state index contributed by atoms with van der Waals surface area (Å²) in [6, 6.07) is 3.58. The zero-order valence-corrected chi connectivity index (χ0v) is 11.8. The molecule has 2 aliphatic rings. The summed E-state index contributed by atoms with van der Waals surface area (Å²) >= 11 is 0. The van der Waals surface area contributed by atoms with Crippen molar-refractivity contribution in [2.24, 2.45) is 16.6 Å². The van der Waals surface area contributed by atoms with Crippen LogP contribution in [0.5, 0.6) is 0 Å². The Bertz CT molecular complexity index is 638. The van der Waals surface area contributed by atoms with Gasteiger partial charge in [0, 0.05) is 24.3 Å². The summed E-state index contributed by atoms with van der Waals surface area (Å²) < 4.78 is 47.0. The van der Waals surface area contributed by atoms with E-state index in [0.717, 1.165) is 6.07 Å². The molecule has 1 fully saturated rings. The van der Waals surface area contributed by atoms with Crippen molar-refractivity contribution in [3.8, 4) is 0 Å². The van der Waals surface area contributed by atoms with Gasteiger partial charge < -0.3 is 10.5 Å². The Balaban J connectivity index is 2.12. The molecular formula is C14H16F3N3O2. The van der Waals surface area contributed by atoms with Crippen LogP contribution in [0.15, 0.2) is 23.2 Å². The molecule has 1 heterocycles. The van der Waals surface area contributed by atoms with Crippen LogP contribution in [0.25, 0.3) is 0 Å². The van der Waals surface area contributed by atoms with Gasteiger partial charge in [-0.15, -0.1) is 0 Å². The van der Waals surface area contributed by atoms with Crippen molar-refractivity contribution >= 4 is 11.7 Å². The molecule has 0 saturated heterocycles. The normalized spacial score (nSPS) is 32.9. The van der Waals surface area contributed by atoms with Gasteiger partial charge >= 0.3 is 0 Å². The largest absolute Gasteiger partial charge is 0.461 e. The summed E-state index contributed by atoms with van der Waals surface area (Å²) in [4.78, 5) is 4.12. The van der Waals surface area contributed by atoms with Crippen LogP contribution in [0.1, 0.15) is 25.3 Å². The molecule has 0 spiro atoms. The molecule has 1 aromatic rings. The molecule has 4 N–H and O–H groups in total. The predicted molar refractivity (Wildman–Crippen MR) is 73.3 cm³/mol. The molecule has 22 heavy (non-hydrogen) atoms. The third kappa shape index (κ3) is 2.27. The number of nitrogens with one attached hydrogen (secondary N) is 1. The third-order valence-electron chi connectivity index (χ3n) is 4.44. The lowest BCUT2D eigenvalue weighted by molar-refractivity contribution is -0.00277. The molecule has 0 aromatic heterocycles. The van der Waals surface area contributed by atoms with Crippen LogP contribution in [0, 0.1) is 11.7 Å². The molecule has 8 heteroatoms. The summed E-state index contributed by atoms with van der Waals surface area (Å²) in [5.74, 6) is -4.22. The summed E-state index contributed by atoms with van der Waals surface area (Å²) in [6.45, 7) is 1.56. The fourth-order valence-corrected chi connectivity index (χ4v) is 3.39. The van der Waals surface area contributed by atoms with Crippen LogP contribution in [-0.4, -0.2) is 23.3 Å². The number of fused-ring (bicyclic) bond motifs is 1. The van der Waals surface area contributed by atoms with E-state index >= 15 is 0 Å². The summed E-state index contributed by atoms with van der Waals surface area (Å²) in [5, 5.41) is 8.98. The number of ether oxygens (including phenoxy) is 1. The maximum atomic E-state index is 14.3. The van der Waals surface area contributed by atoms with Gasteiger partial charge in [0.1, 0.15) is 11.9 Å². The van der Waals surface area contributed by atoms with E-state index in [4.69, 9.17) is 15.7 Å². The Morgan fingerprint density at radius 2 is 2.14 bits per heavy atom.